The van der Waals surface area contributed by atoms with Crippen molar-refractivity contribution in [1.82, 2.24) is 15.1 Å². The number of aryl methyl sites for hydroxylation is 1. The Morgan fingerprint density at radius 2 is 2.21 bits per heavy atom. The first kappa shape index (κ1) is 13.7. The fraction of sp³-hybridized carbons (Fsp3) is 0.167. The number of nitrogen functional groups attached to an aromatic ring is 1. The Bertz CT molecular complexity index is 624. The minimum Gasteiger partial charge on any atom is -0.399 e. The summed E-state index contributed by atoms with van der Waals surface area (Å²) in [5.74, 6) is -0.331. The van der Waals surface area contributed by atoms with Crippen molar-refractivity contribution in [2.45, 2.75) is 6.54 Å². The molecule has 0 radical (unpaired) electrons. The SMILES string of the molecule is Cn1cc(CNC(=O)c2cc(N)cc(Cl)c2Cl)cn1. The van der Waals surface area contributed by atoms with E-state index in [1.165, 1.54) is 12.1 Å². The number of benzene rings is 1. The van der Waals surface area contributed by atoms with Crippen molar-refractivity contribution < 1.29 is 4.79 Å². The lowest BCUT2D eigenvalue weighted by Gasteiger charge is -2.08. The van der Waals surface area contributed by atoms with Gasteiger partial charge in [0.15, 0.2) is 0 Å². The summed E-state index contributed by atoms with van der Waals surface area (Å²) in [7, 11) is 1.81. The Labute approximate surface area is 120 Å². The van der Waals surface area contributed by atoms with E-state index in [1.54, 1.807) is 17.9 Å². The average molecular weight is 299 g/mol. The number of halogens is 2. The monoisotopic (exact) mass is 298 g/mol. The molecule has 0 unspecified atom stereocenters. The zero-order chi connectivity index (χ0) is 14.0. The molecule has 5 nitrogen and oxygen atoms in total. The van der Waals surface area contributed by atoms with E-state index in [-0.39, 0.29) is 21.5 Å². The Hall–Kier alpha value is -1.72. The summed E-state index contributed by atoms with van der Waals surface area (Å²) < 4.78 is 1.66. The number of carbonyl (C=O) groups excluding carboxylic acids is 1. The fourth-order valence-corrected chi connectivity index (χ4v) is 2.04. The fourth-order valence-electron chi connectivity index (χ4n) is 1.62. The molecule has 0 aliphatic heterocycles. The van der Waals surface area contributed by atoms with Crippen molar-refractivity contribution in [3.05, 3.63) is 45.7 Å². The summed E-state index contributed by atoms with van der Waals surface area (Å²) in [6, 6.07) is 2.99. The largest absolute Gasteiger partial charge is 0.399 e. The molecular weight excluding hydrogens is 287 g/mol. The van der Waals surface area contributed by atoms with Crippen LogP contribution in [-0.4, -0.2) is 15.7 Å². The molecule has 1 heterocycles. The summed E-state index contributed by atoms with van der Waals surface area (Å²) >= 11 is 11.9. The van der Waals surface area contributed by atoms with Crippen LogP contribution in [0.1, 0.15) is 15.9 Å². The number of hydrogen-bond donors (Lipinski definition) is 2. The lowest BCUT2D eigenvalue weighted by atomic mass is 10.2. The zero-order valence-electron chi connectivity index (χ0n) is 10.2. The second-order valence-electron chi connectivity index (χ2n) is 4.07. The number of carbonyl (C=O) groups is 1. The molecule has 0 bridgehead atoms. The molecule has 2 aromatic rings. The molecule has 0 spiro atoms. The third-order valence-corrected chi connectivity index (χ3v) is 3.31. The van der Waals surface area contributed by atoms with Crippen LogP contribution in [0.2, 0.25) is 10.0 Å². The van der Waals surface area contributed by atoms with Crippen LogP contribution in [-0.2, 0) is 13.6 Å². The van der Waals surface area contributed by atoms with Gasteiger partial charge in [-0.05, 0) is 12.1 Å². The average Bonchev–Trinajstić information content (AvgIpc) is 2.76. The van der Waals surface area contributed by atoms with Crippen molar-refractivity contribution in [2.75, 3.05) is 5.73 Å². The van der Waals surface area contributed by atoms with Crippen LogP contribution in [0.5, 0.6) is 0 Å². The van der Waals surface area contributed by atoms with Gasteiger partial charge in [-0.3, -0.25) is 9.48 Å². The summed E-state index contributed by atoms with van der Waals surface area (Å²) in [6.07, 6.45) is 3.49. The van der Waals surface area contributed by atoms with E-state index < -0.39 is 0 Å². The highest BCUT2D eigenvalue weighted by Gasteiger charge is 2.14. The van der Waals surface area contributed by atoms with E-state index in [0.29, 0.717) is 12.2 Å². The molecule has 0 saturated heterocycles. The van der Waals surface area contributed by atoms with Crippen molar-refractivity contribution in [3.8, 4) is 0 Å². The van der Waals surface area contributed by atoms with Gasteiger partial charge >= 0.3 is 0 Å². The topological polar surface area (TPSA) is 72.9 Å². The van der Waals surface area contributed by atoms with Crippen molar-refractivity contribution in [2.24, 2.45) is 7.05 Å². The number of nitrogens with zero attached hydrogens (tertiary/aromatic N) is 2. The molecule has 7 heteroatoms. The standard InChI is InChI=1S/C12H12Cl2N4O/c1-18-6-7(5-17-18)4-16-12(19)9-2-8(15)3-10(13)11(9)14/h2-3,5-6H,4,15H2,1H3,(H,16,19). The van der Waals surface area contributed by atoms with E-state index in [4.69, 9.17) is 28.9 Å². The van der Waals surface area contributed by atoms with E-state index in [2.05, 4.69) is 10.4 Å². The number of hydrogen-bond acceptors (Lipinski definition) is 3. The maximum absolute atomic E-state index is 12.0. The van der Waals surface area contributed by atoms with Crippen LogP contribution in [0.25, 0.3) is 0 Å². The molecule has 0 saturated carbocycles. The highest BCUT2D eigenvalue weighted by molar-refractivity contribution is 6.44. The van der Waals surface area contributed by atoms with Gasteiger partial charge in [0.1, 0.15) is 0 Å². The molecule has 3 N–H and O–H groups in total. The summed E-state index contributed by atoms with van der Waals surface area (Å²) in [4.78, 5) is 12.0. The molecule has 1 amide bonds. The lowest BCUT2D eigenvalue weighted by molar-refractivity contribution is 0.0951. The molecule has 1 aromatic heterocycles. The van der Waals surface area contributed by atoms with Gasteiger partial charge in [-0.25, -0.2) is 0 Å². The second kappa shape index (κ2) is 5.50. The van der Waals surface area contributed by atoms with Gasteiger partial charge in [0, 0.05) is 31.0 Å². The summed E-state index contributed by atoms with van der Waals surface area (Å²) in [6.45, 7) is 0.357. The molecule has 0 atom stereocenters. The first-order chi connectivity index (χ1) is 8.97. The van der Waals surface area contributed by atoms with E-state index in [1.807, 2.05) is 6.20 Å². The number of amides is 1. The van der Waals surface area contributed by atoms with Gasteiger partial charge in [0.2, 0.25) is 0 Å². The highest BCUT2D eigenvalue weighted by Crippen LogP contribution is 2.28. The molecule has 0 aliphatic carbocycles. The van der Waals surface area contributed by atoms with Crippen molar-refractivity contribution in [1.29, 1.82) is 0 Å². The smallest absolute Gasteiger partial charge is 0.253 e. The Kier molecular flexibility index (Phi) is 3.97. The number of aromatic nitrogens is 2. The number of anilines is 1. The maximum atomic E-state index is 12.0. The number of nitrogens with two attached hydrogens (primary N) is 1. The molecule has 2 rings (SSSR count). The predicted molar refractivity (Wildman–Crippen MR) is 75.3 cm³/mol. The van der Waals surface area contributed by atoms with Gasteiger partial charge < -0.3 is 11.1 Å². The second-order valence-corrected chi connectivity index (χ2v) is 4.85. The lowest BCUT2D eigenvalue weighted by Crippen LogP contribution is -2.23. The summed E-state index contributed by atoms with van der Waals surface area (Å²) in [5, 5.41) is 7.20. The van der Waals surface area contributed by atoms with Crippen LogP contribution >= 0.6 is 23.2 Å². The number of nitrogens with one attached hydrogen (secondary N) is 1. The molecule has 0 fully saturated rings. The maximum Gasteiger partial charge on any atom is 0.253 e. The first-order valence-electron chi connectivity index (χ1n) is 5.47. The van der Waals surface area contributed by atoms with E-state index >= 15 is 0 Å². The highest BCUT2D eigenvalue weighted by atomic mass is 35.5. The Morgan fingerprint density at radius 3 is 2.84 bits per heavy atom. The predicted octanol–water partition coefficient (Wildman–Crippen LogP) is 2.24. The van der Waals surface area contributed by atoms with Crippen LogP contribution in [0, 0.1) is 0 Å². The molecule has 0 aliphatic rings. The molecule has 19 heavy (non-hydrogen) atoms. The minimum absolute atomic E-state index is 0.194. The van der Waals surface area contributed by atoms with Gasteiger partial charge in [0.05, 0.1) is 21.8 Å². The molecule has 100 valence electrons. The third-order valence-electron chi connectivity index (χ3n) is 2.51. The summed E-state index contributed by atoms with van der Waals surface area (Å²) in [5.41, 5.74) is 7.18. The molecule has 1 aromatic carbocycles. The molecular formula is C12H12Cl2N4O. The quantitative estimate of drug-likeness (QED) is 0.854. The van der Waals surface area contributed by atoms with Crippen molar-refractivity contribution >= 4 is 34.8 Å². The van der Waals surface area contributed by atoms with Crippen molar-refractivity contribution in [3.63, 3.8) is 0 Å². The number of rotatable bonds is 3. The minimum atomic E-state index is -0.331. The van der Waals surface area contributed by atoms with Gasteiger partial charge in [-0.2, -0.15) is 5.10 Å². The van der Waals surface area contributed by atoms with Crippen LogP contribution in [0.4, 0.5) is 5.69 Å². The van der Waals surface area contributed by atoms with Crippen LogP contribution in [0.15, 0.2) is 24.5 Å². The Morgan fingerprint density at radius 1 is 1.47 bits per heavy atom. The van der Waals surface area contributed by atoms with Gasteiger partial charge in [-0.15, -0.1) is 0 Å². The third kappa shape index (κ3) is 3.19. The van der Waals surface area contributed by atoms with E-state index in [9.17, 15) is 4.79 Å². The normalized spacial score (nSPS) is 10.5. The van der Waals surface area contributed by atoms with Gasteiger partial charge in [-0.1, -0.05) is 23.2 Å². The first-order valence-corrected chi connectivity index (χ1v) is 6.23. The Balaban J connectivity index is 2.12. The van der Waals surface area contributed by atoms with E-state index in [0.717, 1.165) is 5.56 Å². The van der Waals surface area contributed by atoms with Crippen LogP contribution < -0.4 is 11.1 Å². The van der Waals surface area contributed by atoms with Crippen LogP contribution in [0.3, 0.4) is 0 Å². The van der Waals surface area contributed by atoms with Gasteiger partial charge in [0.25, 0.3) is 5.91 Å². The zero-order valence-corrected chi connectivity index (χ0v) is 11.7.